The molecule has 26 heavy (non-hydrogen) atoms. The molecule has 138 valence electrons. The van der Waals surface area contributed by atoms with E-state index < -0.39 is 46.0 Å². The van der Waals surface area contributed by atoms with Gasteiger partial charge in [0, 0.05) is 5.75 Å². The van der Waals surface area contributed by atoms with Crippen molar-refractivity contribution in [1.29, 1.82) is 0 Å². The van der Waals surface area contributed by atoms with Gasteiger partial charge in [0.25, 0.3) is 5.91 Å². The first-order valence-electron chi connectivity index (χ1n) is 7.70. The first kappa shape index (κ1) is 18.1. The summed E-state index contributed by atoms with van der Waals surface area (Å²) in [6.07, 6.45) is 0. The fourth-order valence-corrected chi connectivity index (χ4v) is 4.71. The lowest BCUT2D eigenvalue weighted by atomic mass is 10.0. The van der Waals surface area contributed by atoms with Crippen LogP contribution in [-0.2, 0) is 25.2 Å². The second kappa shape index (κ2) is 6.54. The van der Waals surface area contributed by atoms with Gasteiger partial charge in [-0.25, -0.2) is 4.79 Å². The normalized spacial score (nSPS) is 26.0. The predicted molar refractivity (Wildman–Crippen MR) is 90.9 cm³/mol. The zero-order valence-electron chi connectivity index (χ0n) is 13.7. The van der Waals surface area contributed by atoms with Crippen molar-refractivity contribution in [3.63, 3.8) is 0 Å². The Hall–Kier alpha value is -2.72. The van der Waals surface area contributed by atoms with Crippen molar-refractivity contribution in [1.82, 2.24) is 10.2 Å². The summed E-state index contributed by atoms with van der Waals surface area (Å²) in [6.45, 7) is 1.51. The molecule has 0 bridgehead atoms. The van der Waals surface area contributed by atoms with E-state index in [1.165, 1.54) is 31.2 Å². The minimum absolute atomic E-state index is 0.0203. The number of phenolic OH excluding ortho intramolecular Hbond substituents is 1. The molecule has 0 saturated carbocycles. The van der Waals surface area contributed by atoms with Gasteiger partial charge in [-0.1, -0.05) is 12.1 Å². The largest absolute Gasteiger partial charge is 0.508 e. The van der Waals surface area contributed by atoms with Crippen LogP contribution in [0.5, 0.6) is 5.75 Å². The van der Waals surface area contributed by atoms with Gasteiger partial charge >= 0.3 is 5.97 Å². The molecule has 10 heteroatoms. The van der Waals surface area contributed by atoms with E-state index in [-0.39, 0.29) is 17.2 Å². The van der Waals surface area contributed by atoms with E-state index in [2.05, 4.69) is 5.32 Å². The van der Waals surface area contributed by atoms with E-state index in [4.69, 9.17) is 5.73 Å². The maximum absolute atomic E-state index is 12.3. The molecule has 0 aromatic heterocycles. The van der Waals surface area contributed by atoms with Crippen LogP contribution in [0.4, 0.5) is 0 Å². The molecular weight excluding hydrogens is 362 g/mol. The van der Waals surface area contributed by atoms with Gasteiger partial charge in [0.05, 0.1) is 10.8 Å². The zero-order chi connectivity index (χ0) is 19.2. The molecule has 2 amide bonds. The minimum atomic E-state index is -1.53. The number of hydrogen-bond donors (Lipinski definition) is 4. The molecule has 4 atom stereocenters. The van der Waals surface area contributed by atoms with Crippen LogP contribution in [0.2, 0.25) is 0 Å². The van der Waals surface area contributed by atoms with Crippen LogP contribution in [0.25, 0.3) is 0 Å². The molecule has 2 aliphatic heterocycles. The highest BCUT2D eigenvalue weighted by Gasteiger charge is 2.56. The number of carbonyl (C=O) groups excluding carboxylic acids is 2. The first-order valence-corrected chi connectivity index (χ1v) is 9.08. The van der Waals surface area contributed by atoms with Crippen LogP contribution >= 0.6 is 0 Å². The Morgan fingerprint density at radius 1 is 1.35 bits per heavy atom. The summed E-state index contributed by atoms with van der Waals surface area (Å²) in [5, 5.41) is 20.1. The summed E-state index contributed by atoms with van der Waals surface area (Å²) >= 11 is 0. The molecule has 0 radical (unpaired) electrons. The molecule has 0 aliphatic carbocycles. The van der Waals surface area contributed by atoms with Crippen molar-refractivity contribution >= 4 is 28.6 Å². The number of nitrogens with one attached hydrogen (secondary N) is 1. The van der Waals surface area contributed by atoms with E-state index >= 15 is 0 Å². The standard InChI is InChI=1S/C16H17N3O6S/c1-7-6-26(25)15-11(14(22)19(15)12(7)16(23)24)18-13(21)10(17)8-2-4-9(20)5-3-8/h2-5,10-11,15,20H,6,17H2,1H3,(H,18,21)(H,23,24)/t10-,11-,15-,26-/m1/s1. The summed E-state index contributed by atoms with van der Waals surface area (Å²) in [6, 6.07) is 3.52. The molecule has 2 aliphatic rings. The van der Waals surface area contributed by atoms with Gasteiger partial charge in [0.15, 0.2) is 0 Å². The van der Waals surface area contributed by atoms with Crippen LogP contribution in [0.1, 0.15) is 18.5 Å². The molecular formula is C16H17N3O6S. The van der Waals surface area contributed by atoms with E-state index in [0.717, 1.165) is 4.90 Å². The number of hydrogen-bond acceptors (Lipinski definition) is 6. The number of carboxylic acids is 1. The Bertz CT molecular complexity index is 850. The highest BCUT2D eigenvalue weighted by Crippen LogP contribution is 2.34. The Labute approximate surface area is 150 Å². The van der Waals surface area contributed by atoms with Gasteiger partial charge in [-0.3, -0.25) is 18.7 Å². The first-order chi connectivity index (χ1) is 12.2. The van der Waals surface area contributed by atoms with E-state index in [9.17, 15) is 28.8 Å². The van der Waals surface area contributed by atoms with Crippen LogP contribution in [0.3, 0.4) is 0 Å². The van der Waals surface area contributed by atoms with Gasteiger partial charge in [0.2, 0.25) is 5.91 Å². The molecule has 3 rings (SSSR count). The fraction of sp³-hybridized carbons (Fsp3) is 0.312. The second-order valence-corrected chi connectivity index (χ2v) is 7.65. The van der Waals surface area contributed by atoms with E-state index in [0.29, 0.717) is 11.1 Å². The fourth-order valence-electron chi connectivity index (χ4n) is 3.04. The monoisotopic (exact) mass is 379 g/mol. The number of β-lactam (4-membered cyclic amide) rings is 1. The number of benzene rings is 1. The van der Waals surface area contributed by atoms with Crippen molar-refractivity contribution in [2.45, 2.75) is 24.4 Å². The summed E-state index contributed by atoms with van der Waals surface area (Å²) in [7, 11) is -1.53. The van der Waals surface area contributed by atoms with Gasteiger partial charge in [-0.05, 0) is 30.2 Å². The number of carboxylic acid groups (broad SMARTS) is 1. The Kier molecular flexibility index (Phi) is 4.55. The number of aliphatic carboxylic acids is 1. The van der Waals surface area contributed by atoms with Crippen molar-refractivity contribution in [3.8, 4) is 5.75 Å². The molecule has 0 spiro atoms. The molecule has 1 aromatic carbocycles. The topological polar surface area (TPSA) is 150 Å². The lowest BCUT2D eigenvalue weighted by molar-refractivity contribution is -0.151. The molecule has 5 N–H and O–H groups in total. The molecule has 1 saturated heterocycles. The maximum Gasteiger partial charge on any atom is 0.352 e. The van der Waals surface area contributed by atoms with Crippen molar-refractivity contribution in [3.05, 3.63) is 41.1 Å². The van der Waals surface area contributed by atoms with Crippen molar-refractivity contribution in [2.75, 3.05) is 5.75 Å². The van der Waals surface area contributed by atoms with Gasteiger partial charge in [-0.15, -0.1) is 0 Å². The molecule has 0 unspecified atom stereocenters. The average molecular weight is 379 g/mol. The quantitative estimate of drug-likeness (QED) is 0.498. The number of phenols is 1. The SMILES string of the molecule is CC1=C(C(=O)O)N2C(=O)[C@@H](NC(=O)[C@H](N)c3ccc(O)cc3)[C@H]2[S@](=O)C1. The lowest BCUT2D eigenvalue weighted by Gasteiger charge is -2.49. The number of nitrogens with two attached hydrogens (primary N) is 1. The summed E-state index contributed by atoms with van der Waals surface area (Å²) in [5.74, 6) is -2.53. The van der Waals surface area contributed by atoms with Crippen LogP contribution in [0, 0.1) is 0 Å². The smallest absolute Gasteiger partial charge is 0.352 e. The summed E-state index contributed by atoms with van der Waals surface area (Å²) in [5.41, 5.74) is 6.46. The van der Waals surface area contributed by atoms with Gasteiger partial charge in [0.1, 0.15) is 28.9 Å². The Balaban J connectivity index is 1.77. The Morgan fingerprint density at radius 2 is 1.96 bits per heavy atom. The Morgan fingerprint density at radius 3 is 2.54 bits per heavy atom. The van der Waals surface area contributed by atoms with Crippen LogP contribution < -0.4 is 11.1 Å². The van der Waals surface area contributed by atoms with E-state index in [1.807, 2.05) is 0 Å². The number of rotatable bonds is 4. The third kappa shape index (κ3) is 2.86. The van der Waals surface area contributed by atoms with Crippen LogP contribution in [-0.4, -0.2) is 54.3 Å². The number of aromatic hydroxyl groups is 1. The highest BCUT2D eigenvalue weighted by atomic mass is 32.2. The van der Waals surface area contributed by atoms with Crippen LogP contribution in [0.15, 0.2) is 35.5 Å². The maximum atomic E-state index is 12.3. The third-order valence-electron chi connectivity index (χ3n) is 4.35. The molecule has 9 nitrogen and oxygen atoms in total. The minimum Gasteiger partial charge on any atom is -0.508 e. The highest BCUT2D eigenvalue weighted by molar-refractivity contribution is 7.86. The van der Waals surface area contributed by atoms with E-state index in [1.54, 1.807) is 0 Å². The van der Waals surface area contributed by atoms with Gasteiger partial charge in [-0.2, -0.15) is 0 Å². The van der Waals surface area contributed by atoms with Crippen molar-refractivity contribution in [2.24, 2.45) is 5.73 Å². The number of carbonyl (C=O) groups is 3. The second-order valence-electron chi connectivity index (χ2n) is 6.11. The summed E-state index contributed by atoms with van der Waals surface area (Å²) < 4.78 is 12.3. The number of fused-ring (bicyclic) bond motifs is 1. The molecule has 2 heterocycles. The number of amides is 2. The zero-order valence-corrected chi connectivity index (χ0v) is 14.5. The lowest BCUT2D eigenvalue weighted by Crippen LogP contribution is -2.73. The van der Waals surface area contributed by atoms with Gasteiger partial charge < -0.3 is 21.3 Å². The molecule has 1 aromatic rings. The summed E-state index contributed by atoms with van der Waals surface area (Å²) in [4.78, 5) is 37.0. The molecule has 1 fully saturated rings. The number of nitrogens with zero attached hydrogens (tertiary/aromatic N) is 1. The van der Waals surface area contributed by atoms with Crippen molar-refractivity contribution < 1.29 is 28.8 Å². The average Bonchev–Trinajstić information content (AvgIpc) is 2.58. The predicted octanol–water partition coefficient (Wildman–Crippen LogP) is -0.834. The third-order valence-corrected chi connectivity index (χ3v) is 6.09.